The Morgan fingerprint density at radius 2 is 1.91 bits per heavy atom. The first-order chi connectivity index (χ1) is 10.6. The summed E-state index contributed by atoms with van der Waals surface area (Å²) in [6.45, 7) is 4.80. The highest BCUT2D eigenvalue weighted by atomic mass is 35.5. The minimum absolute atomic E-state index is 0.0238. The number of nitrogens with zero attached hydrogens (tertiary/aromatic N) is 2. The molecule has 124 valence electrons. The van der Waals surface area contributed by atoms with Gasteiger partial charge in [-0.15, -0.1) is 0 Å². The van der Waals surface area contributed by atoms with Gasteiger partial charge < -0.3 is 5.11 Å². The predicted octanol–water partition coefficient (Wildman–Crippen LogP) is 2.50. The molecule has 1 aromatic carbocycles. The van der Waals surface area contributed by atoms with Crippen molar-refractivity contribution >= 4 is 33.3 Å². The van der Waals surface area contributed by atoms with Crippen molar-refractivity contribution in [3.05, 3.63) is 39.7 Å². The Bertz CT molecular complexity index is 903. The minimum Gasteiger partial charge on any atom is -0.478 e. The van der Waals surface area contributed by atoms with Crippen molar-refractivity contribution in [3.8, 4) is 0 Å². The molecule has 0 amide bonds. The van der Waals surface area contributed by atoms with Crippen LogP contribution in [0, 0.1) is 20.8 Å². The van der Waals surface area contributed by atoms with Gasteiger partial charge in [0.2, 0.25) is 0 Å². The van der Waals surface area contributed by atoms with E-state index in [-0.39, 0.29) is 21.2 Å². The number of aryl methyl sites for hydroxylation is 3. The van der Waals surface area contributed by atoms with Crippen molar-refractivity contribution in [2.45, 2.75) is 25.7 Å². The van der Waals surface area contributed by atoms with E-state index in [4.69, 9.17) is 11.6 Å². The standard InChI is InChI=1S/C14H16ClN3O4S/c1-7-5-6-10(15)11(14(19)20)12(7)17-23(21,22)13-8(2)16-18(4)9(13)3/h5-6,17H,1-4H3,(H,19,20). The summed E-state index contributed by atoms with van der Waals surface area (Å²) < 4.78 is 29.2. The summed E-state index contributed by atoms with van der Waals surface area (Å²) >= 11 is 5.91. The second-order valence-corrected chi connectivity index (χ2v) is 7.17. The van der Waals surface area contributed by atoms with E-state index in [1.165, 1.54) is 10.7 Å². The van der Waals surface area contributed by atoms with Gasteiger partial charge in [0.25, 0.3) is 10.0 Å². The van der Waals surface area contributed by atoms with E-state index >= 15 is 0 Å². The lowest BCUT2D eigenvalue weighted by molar-refractivity contribution is 0.0698. The molecule has 2 N–H and O–H groups in total. The third kappa shape index (κ3) is 3.04. The van der Waals surface area contributed by atoms with Gasteiger partial charge in [-0.2, -0.15) is 5.10 Å². The summed E-state index contributed by atoms with van der Waals surface area (Å²) in [5, 5.41) is 13.3. The zero-order chi connectivity index (χ0) is 17.5. The molecule has 0 spiro atoms. The molecule has 1 heterocycles. The quantitative estimate of drug-likeness (QED) is 0.875. The minimum atomic E-state index is -4.00. The molecule has 0 radical (unpaired) electrons. The number of hydrogen-bond acceptors (Lipinski definition) is 4. The fraction of sp³-hybridized carbons (Fsp3) is 0.286. The van der Waals surface area contributed by atoms with Gasteiger partial charge in [0, 0.05) is 7.05 Å². The van der Waals surface area contributed by atoms with Crippen molar-refractivity contribution in [2.24, 2.45) is 7.05 Å². The van der Waals surface area contributed by atoms with Crippen LogP contribution in [0.2, 0.25) is 5.02 Å². The van der Waals surface area contributed by atoms with Gasteiger partial charge in [-0.25, -0.2) is 13.2 Å². The maximum atomic E-state index is 12.7. The number of nitrogens with one attached hydrogen (secondary N) is 1. The van der Waals surface area contributed by atoms with E-state index < -0.39 is 16.0 Å². The Morgan fingerprint density at radius 3 is 2.39 bits per heavy atom. The summed E-state index contributed by atoms with van der Waals surface area (Å²) in [6, 6.07) is 2.97. The molecule has 0 aliphatic carbocycles. The first-order valence-electron chi connectivity index (χ1n) is 6.61. The summed E-state index contributed by atoms with van der Waals surface area (Å²) in [4.78, 5) is 11.4. The number of benzene rings is 1. The van der Waals surface area contributed by atoms with Crippen molar-refractivity contribution in [3.63, 3.8) is 0 Å². The van der Waals surface area contributed by atoms with E-state index in [1.54, 1.807) is 33.9 Å². The van der Waals surface area contributed by atoms with Crippen LogP contribution in [-0.2, 0) is 17.1 Å². The molecule has 7 nitrogen and oxygen atoms in total. The molecule has 0 aliphatic heterocycles. The van der Waals surface area contributed by atoms with Gasteiger partial charge >= 0.3 is 5.97 Å². The number of rotatable bonds is 4. The number of aromatic nitrogens is 2. The number of carboxylic acids is 1. The molecule has 0 fully saturated rings. The first kappa shape index (κ1) is 17.3. The smallest absolute Gasteiger partial charge is 0.339 e. The van der Waals surface area contributed by atoms with Gasteiger partial charge in [-0.1, -0.05) is 17.7 Å². The van der Waals surface area contributed by atoms with Crippen molar-refractivity contribution in [1.82, 2.24) is 9.78 Å². The lowest BCUT2D eigenvalue weighted by Crippen LogP contribution is -2.18. The van der Waals surface area contributed by atoms with Gasteiger partial charge in [0.15, 0.2) is 0 Å². The van der Waals surface area contributed by atoms with Crippen LogP contribution in [0.4, 0.5) is 5.69 Å². The fourth-order valence-electron chi connectivity index (χ4n) is 2.35. The molecule has 0 bridgehead atoms. The molecule has 0 unspecified atom stereocenters. The van der Waals surface area contributed by atoms with Gasteiger partial charge in [0.05, 0.1) is 22.1 Å². The SMILES string of the molecule is Cc1ccc(Cl)c(C(=O)O)c1NS(=O)(=O)c1c(C)nn(C)c1C. The third-order valence-corrected chi connectivity index (χ3v) is 5.44. The van der Waals surface area contributed by atoms with Crippen molar-refractivity contribution in [2.75, 3.05) is 4.72 Å². The fourth-order valence-corrected chi connectivity index (χ4v) is 4.17. The lowest BCUT2D eigenvalue weighted by atomic mass is 10.1. The highest BCUT2D eigenvalue weighted by molar-refractivity contribution is 7.92. The molecule has 0 saturated carbocycles. The van der Waals surface area contributed by atoms with Crippen LogP contribution < -0.4 is 4.72 Å². The average molecular weight is 358 g/mol. The number of carbonyl (C=O) groups is 1. The largest absolute Gasteiger partial charge is 0.478 e. The van der Waals surface area contributed by atoms with Crippen LogP contribution in [0.1, 0.15) is 27.3 Å². The summed E-state index contributed by atoms with van der Waals surface area (Å²) in [5.74, 6) is -1.31. The Hall–Kier alpha value is -2.06. The monoisotopic (exact) mass is 357 g/mol. The van der Waals surface area contributed by atoms with E-state index in [1.807, 2.05) is 0 Å². The summed E-state index contributed by atoms with van der Waals surface area (Å²) in [5.41, 5.74) is 0.900. The van der Waals surface area contributed by atoms with Gasteiger partial charge in [0.1, 0.15) is 10.5 Å². The van der Waals surface area contributed by atoms with Gasteiger partial charge in [-0.3, -0.25) is 9.40 Å². The Balaban J connectivity index is 2.63. The van der Waals surface area contributed by atoms with Crippen LogP contribution >= 0.6 is 11.6 Å². The zero-order valence-corrected chi connectivity index (χ0v) is 14.6. The number of aromatic carboxylic acids is 1. The van der Waals surface area contributed by atoms with Crippen LogP contribution in [0.15, 0.2) is 17.0 Å². The molecule has 1 aromatic heterocycles. The van der Waals surface area contributed by atoms with Crippen LogP contribution in [-0.4, -0.2) is 29.3 Å². The topological polar surface area (TPSA) is 101 Å². The number of halogens is 1. The molecule has 0 atom stereocenters. The van der Waals surface area contributed by atoms with E-state index in [2.05, 4.69) is 9.82 Å². The first-order valence-corrected chi connectivity index (χ1v) is 8.47. The van der Waals surface area contributed by atoms with Crippen LogP contribution in [0.5, 0.6) is 0 Å². The molecular formula is C14H16ClN3O4S. The normalized spacial score (nSPS) is 11.5. The number of hydrogen-bond donors (Lipinski definition) is 2. The van der Waals surface area contributed by atoms with E-state index in [0.29, 0.717) is 17.0 Å². The van der Waals surface area contributed by atoms with E-state index in [0.717, 1.165) is 0 Å². The molecule has 0 saturated heterocycles. The van der Waals surface area contributed by atoms with E-state index in [9.17, 15) is 18.3 Å². The second-order valence-electron chi connectivity index (χ2n) is 5.15. The predicted molar refractivity (Wildman–Crippen MR) is 86.6 cm³/mol. The highest BCUT2D eigenvalue weighted by Gasteiger charge is 2.27. The molecule has 2 aromatic rings. The summed E-state index contributed by atoms with van der Waals surface area (Å²) in [6.07, 6.45) is 0. The lowest BCUT2D eigenvalue weighted by Gasteiger charge is -2.14. The molecule has 0 aliphatic rings. The Kier molecular flexibility index (Phi) is 4.41. The molecule has 23 heavy (non-hydrogen) atoms. The third-order valence-electron chi connectivity index (χ3n) is 3.52. The molecule has 2 rings (SSSR count). The van der Waals surface area contributed by atoms with Crippen LogP contribution in [0.3, 0.4) is 0 Å². The maximum Gasteiger partial charge on any atom is 0.339 e. The number of sulfonamides is 1. The number of carboxylic acid groups (broad SMARTS) is 1. The zero-order valence-electron chi connectivity index (χ0n) is 13.0. The summed E-state index contributed by atoms with van der Waals surface area (Å²) in [7, 11) is -2.37. The Labute approximate surface area is 138 Å². The molecule has 9 heteroatoms. The Morgan fingerprint density at radius 1 is 1.30 bits per heavy atom. The highest BCUT2D eigenvalue weighted by Crippen LogP contribution is 2.31. The average Bonchev–Trinajstić information content (AvgIpc) is 2.67. The van der Waals surface area contributed by atoms with Crippen molar-refractivity contribution < 1.29 is 18.3 Å². The van der Waals surface area contributed by atoms with Crippen LogP contribution in [0.25, 0.3) is 0 Å². The number of anilines is 1. The van der Waals surface area contributed by atoms with Gasteiger partial charge in [-0.05, 0) is 32.4 Å². The second kappa shape index (κ2) is 5.86. The molecular weight excluding hydrogens is 342 g/mol. The van der Waals surface area contributed by atoms with Crippen molar-refractivity contribution in [1.29, 1.82) is 0 Å². The maximum absolute atomic E-state index is 12.7.